The summed E-state index contributed by atoms with van der Waals surface area (Å²) >= 11 is 0. The van der Waals surface area contributed by atoms with Crippen LogP contribution in [0.2, 0.25) is 0 Å². The van der Waals surface area contributed by atoms with Gasteiger partial charge in [0.2, 0.25) is 11.8 Å². The number of rotatable bonds is 9. The molecule has 0 bridgehead atoms. The van der Waals surface area contributed by atoms with Crippen molar-refractivity contribution in [3.8, 4) is 11.6 Å². The SMILES string of the molecule is Cc1nc(/C(N)=C(\CNc2nccc(OCC(C)(C)C)n2)N(C)N)ccc1OC1CCCCC1. The van der Waals surface area contributed by atoms with Crippen LogP contribution < -0.4 is 26.4 Å². The second-order valence-electron chi connectivity index (χ2n) is 10.1. The van der Waals surface area contributed by atoms with E-state index < -0.39 is 0 Å². The normalized spacial score (nSPS) is 15.5. The van der Waals surface area contributed by atoms with Crippen LogP contribution in [-0.4, -0.2) is 46.3 Å². The van der Waals surface area contributed by atoms with Gasteiger partial charge in [-0.3, -0.25) is 0 Å². The van der Waals surface area contributed by atoms with Crippen LogP contribution in [0.15, 0.2) is 30.1 Å². The first-order valence-electron chi connectivity index (χ1n) is 11.9. The molecule has 1 aliphatic carbocycles. The van der Waals surface area contributed by atoms with E-state index in [4.69, 9.17) is 21.1 Å². The van der Waals surface area contributed by atoms with E-state index in [1.165, 1.54) is 24.3 Å². The van der Waals surface area contributed by atoms with Crippen LogP contribution in [0.3, 0.4) is 0 Å². The van der Waals surface area contributed by atoms with Gasteiger partial charge in [0, 0.05) is 19.3 Å². The zero-order valence-electron chi connectivity index (χ0n) is 21.1. The van der Waals surface area contributed by atoms with E-state index in [-0.39, 0.29) is 11.5 Å². The van der Waals surface area contributed by atoms with Gasteiger partial charge in [0.15, 0.2) is 0 Å². The summed E-state index contributed by atoms with van der Waals surface area (Å²) in [5.41, 5.74) is 9.11. The summed E-state index contributed by atoms with van der Waals surface area (Å²) in [7, 11) is 1.74. The Morgan fingerprint density at radius 3 is 2.53 bits per heavy atom. The molecule has 1 aliphatic rings. The van der Waals surface area contributed by atoms with Crippen molar-refractivity contribution >= 4 is 11.6 Å². The maximum absolute atomic E-state index is 6.48. The van der Waals surface area contributed by atoms with Gasteiger partial charge in [-0.15, -0.1) is 0 Å². The van der Waals surface area contributed by atoms with Gasteiger partial charge in [0.25, 0.3) is 0 Å². The third-order valence-corrected chi connectivity index (χ3v) is 5.59. The molecule has 0 radical (unpaired) electrons. The molecule has 3 rings (SSSR count). The number of nitrogens with one attached hydrogen (secondary N) is 1. The molecule has 0 atom stereocenters. The number of likely N-dealkylation sites (N-methyl/N-ethyl adjacent to an activating group) is 1. The maximum Gasteiger partial charge on any atom is 0.226 e. The molecule has 2 aromatic heterocycles. The van der Waals surface area contributed by atoms with Crippen molar-refractivity contribution in [3.05, 3.63) is 41.5 Å². The maximum atomic E-state index is 6.48. The monoisotopic (exact) mass is 469 g/mol. The molecule has 0 aromatic carbocycles. The van der Waals surface area contributed by atoms with Crippen molar-refractivity contribution in [2.45, 2.75) is 65.9 Å². The molecule has 0 aliphatic heterocycles. The van der Waals surface area contributed by atoms with Crippen LogP contribution in [0, 0.1) is 12.3 Å². The molecule has 2 heterocycles. The topological polar surface area (TPSA) is 124 Å². The summed E-state index contributed by atoms with van der Waals surface area (Å²) in [6.07, 6.45) is 7.86. The minimum absolute atomic E-state index is 0.0350. The smallest absolute Gasteiger partial charge is 0.226 e. The number of aryl methyl sites for hydroxylation is 1. The quantitative estimate of drug-likeness (QED) is 0.371. The molecule has 0 unspecified atom stereocenters. The largest absolute Gasteiger partial charge is 0.489 e. The molecule has 34 heavy (non-hydrogen) atoms. The highest BCUT2D eigenvalue weighted by Crippen LogP contribution is 2.26. The highest BCUT2D eigenvalue weighted by molar-refractivity contribution is 5.64. The van der Waals surface area contributed by atoms with Crippen LogP contribution in [0.4, 0.5) is 5.95 Å². The van der Waals surface area contributed by atoms with Gasteiger partial charge < -0.3 is 25.5 Å². The van der Waals surface area contributed by atoms with Gasteiger partial charge in [-0.05, 0) is 50.2 Å². The number of pyridine rings is 1. The van der Waals surface area contributed by atoms with E-state index in [2.05, 4.69) is 41.0 Å². The number of aromatic nitrogens is 3. The summed E-state index contributed by atoms with van der Waals surface area (Å²) in [4.78, 5) is 13.4. The molecular formula is C25H39N7O2. The molecule has 9 heteroatoms. The van der Waals surface area contributed by atoms with Gasteiger partial charge in [0.05, 0.1) is 42.0 Å². The molecule has 0 spiro atoms. The summed E-state index contributed by atoms with van der Waals surface area (Å²) in [5, 5.41) is 4.66. The number of ether oxygens (including phenoxy) is 2. The van der Waals surface area contributed by atoms with Crippen molar-refractivity contribution in [2.24, 2.45) is 17.0 Å². The molecule has 186 valence electrons. The highest BCUT2D eigenvalue weighted by Gasteiger charge is 2.18. The number of nitrogens with zero attached hydrogens (tertiary/aromatic N) is 4. The van der Waals surface area contributed by atoms with Crippen molar-refractivity contribution in [1.82, 2.24) is 20.0 Å². The lowest BCUT2D eigenvalue weighted by molar-refractivity contribution is 0.153. The Hall–Kier alpha value is -3.07. The average Bonchev–Trinajstić information content (AvgIpc) is 2.79. The molecule has 2 aromatic rings. The van der Waals surface area contributed by atoms with E-state index >= 15 is 0 Å². The summed E-state index contributed by atoms with van der Waals surface area (Å²) in [5.74, 6) is 7.85. The number of hydrogen-bond donors (Lipinski definition) is 3. The molecule has 0 saturated heterocycles. The minimum atomic E-state index is 0.0350. The molecule has 9 nitrogen and oxygen atoms in total. The Labute approximate surface area is 202 Å². The predicted octanol–water partition coefficient (Wildman–Crippen LogP) is 3.86. The summed E-state index contributed by atoms with van der Waals surface area (Å²) in [6.45, 7) is 9.13. The number of nitrogens with two attached hydrogens (primary N) is 2. The van der Waals surface area contributed by atoms with Crippen LogP contribution in [0.1, 0.15) is 64.3 Å². The highest BCUT2D eigenvalue weighted by atomic mass is 16.5. The van der Waals surface area contributed by atoms with Gasteiger partial charge in [-0.25, -0.2) is 15.8 Å². The molecule has 5 N–H and O–H groups in total. The second kappa shape index (κ2) is 11.4. The van der Waals surface area contributed by atoms with Crippen molar-refractivity contribution in [2.75, 3.05) is 25.5 Å². The number of hydrogen-bond acceptors (Lipinski definition) is 9. The van der Waals surface area contributed by atoms with E-state index in [9.17, 15) is 0 Å². The van der Waals surface area contributed by atoms with Crippen molar-refractivity contribution in [1.29, 1.82) is 0 Å². The first-order valence-corrected chi connectivity index (χ1v) is 11.9. The lowest BCUT2D eigenvalue weighted by Crippen LogP contribution is -2.32. The third kappa shape index (κ3) is 7.48. The lowest BCUT2D eigenvalue weighted by Gasteiger charge is -2.24. The second-order valence-corrected chi connectivity index (χ2v) is 10.1. The molecular weight excluding hydrogens is 430 g/mol. The number of anilines is 1. The summed E-state index contributed by atoms with van der Waals surface area (Å²) in [6, 6.07) is 5.56. The van der Waals surface area contributed by atoms with Crippen molar-refractivity contribution < 1.29 is 9.47 Å². The minimum Gasteiger partial charge on any atom is -0.489 e. The zero-order valence-corrected chi connectivity index (χ0v) is 21.1. The van der Waals surface area contributed by atoms with Crippen molar-refractivity contribution in [3.63, 3.8) is 0 Å². The van der Waals surface area contributed by atoms with E-state index in [0.29, 0.717) is 42.1 Å². The van der Waals surface area contributed by atoms with Gasteiger partial charge in [-0.2, -0.15) is 4.98 Å². The third-order valence-electron chi connectivity index (χ3n) is 5.59. The van der Waals surface area contributed by atoms with E-state index in [1.807, 2.05) is 19.1 Å². The number of hydrazine groups is 1. The summed E-state index contributed by atoms with van der Waals surface area (Å²) < 4.78 is 12.0. The lowest BCUT2D eigenvalue weighted by atomic mass is 9.98. The first kappa shape index (κ1) is 25.6. The fourth-order valence-electron chi connectivity index (χ4n) is 3.70. The van der Waals surface area contributed by atoms with E-state index in [1.54, 1.807) is 19.3 Å². The Morgan fingerprint density at radius 2 is 1.88 bits per heavy atom. The van der Waals surface area contributed by atoms with Crippen LogP contribution in [-0.2, 0) is 0 Å². The fraction of sp³-hybridized carbons (Fsp3) is 0.560. The van der Waals surface area contributed by atoms with Gasteiger partial charge >= 0.3 is 0 Å². The Bertz CT molecular complexity index is 979. The standard InChI is InChI=1S/C25H39N7O2/c1-17-21(34-18-9-7-6-8-10-18)12-11-19(30-17)23(26)20(32(5)27)15-29-24-28-14-13-22(31-24)33-16-25(2,3)4/h11-14,18H,6-10,15-16,26-27H2,1-5H3,(H,28,29,31)/b23-20-. The first-order chi connectivity index (χ1) is 16.1. The molecule has 0 amide bonds. The van der Waals surface area contributed by atoms with Gasteiger partial charge in [-0.1, -0.05) is 27.2 Å². The molecule has 1 saturated carbocycles. The Kier molecular flexibility index (Phi) is 8.55. The van der Waals surface area contributed by atoms with Crippen LogP contribution in [0.25, 0.3) is 5.70 Å². The predicted molar refractivity (Wildman–Crippen MR) is 135 cm³/mol. The van der Waals surface area contributed by atoms with E-state index in [0.717, 1.165) is 24.3 Å². The van der Waals surface area contributed by atoms with Crippen LogP contribution in [0.5, 0.6) is 11.6 Å². The molecule has 1 fully saturated rings. The zero-order chi connectivity index (χ0) is 24.7. The Balaban J connectivity index is 1.70. The van der Waals surface area contributed by atoms with Gasteiger partial charge in [0.1, 0.15) is 5.75 Å². The fourth-order valence-corrected chi connectivity index (χ4v) is 3.70. The van der Waals surface area contributed by atoms with Crippen LogP contribution >= 0.6 is 0 Å². The Morgan fingerprint density at radius 1 is 1.15 bits per heavy atom. The average molecular weight is 470 g/mol.